The van der Waals surface area contributed by atoms with Crippen LogP contribution in [0.3, 0.4) is 0 Å². The SMILES string of the molecule is N#Cc1cccc([C@@H](CCO)NC(=O)OCC2c3ccccc3-c3ccccc32)c1. The van der Waals surface area contributed by atoms with Crippen molar-refractivity contribution < 1.29 is 14.6 Å². The van der Waals surface area contributed by atoms with Crippen molar-refractivity contribution in [3.63, 3.8) is 0 Å². The summed E-state index contributed by atoms with van der Waals surface area (Å²) in [7, 11) is 0. The summed E-state index contributed by atoms with van der Waals surface area (Å²) in [6, 6.07) is 25.0. The highest BCUT2D eigenvalue weighted by molar-refractivity contribution is 5.79. The van der Waals surface area contributed by atoms with Crippen molar-refractivity contribution in [1.82, 2.24) is 5.32 Å². The number of nitriles is 1. The predicted octanol–water partition coefficient (Wildman–Crippen LogP) is 4.52. The number of hydrogen-bond donors (Lipinski definition) is 2. The molecule has 0 fully saturated rings. The molecule has 150 valence electrons. The highest BCUT2D eigenvalue weighted by Gasteiger charge is 2.29. The van der Waals surface area contributed by atoms with Crippen LogP contribution >= 0.6 is 0 Å². The highest BCUT2D eigenvalue weighted by Crippen LogP contribution is 2.44. The molecule has 0 unspecified atom stereocenters. The summed E-state index contributed by atoms with van der Waals surface area (Å²) in [6.07, 6.45) is -0.211. The third-order valence-electron chi connectivity index (χ3n) is 5.47. The Morgan fingerprint density at radius 2 is 1.70 bits per heavy atom. The van der Waals surface area contributed by atoms with E-state index in [0.717, 1.165) is 16.7 Å². The largest absolute Gasteiger partial charge is 0.449 e. The third kappa shape index (κ3) is 3.91. The first kappa shape index (κ1) is 19.7. The van der Waals surface area contributed by atoms with Gasteiger partial charge in [0, 0.05) is 12.5 Å². The zero-order valence-corrected chi connectivity index (χ0v) is 16.4. The number of nitrogens with zero attached hydrogens (tertiary/aromatic N) is 1. The highest BCUT2D eigenvalue weighted by atomic mass is 16.5. The van der Waals surface area contributed by atoms with E-state index in [2.05, 4.69) is 35.7 Å². The second-order valence-electron chi connectivity index (χ2n) is 7.27. The van der Waals surface area contributed by atoms with Crippen molar-refractivity contribution in [2.75, 3.05) is 13.2 Å². The zero-order chi connectivity index (χ0) is 20.9. The van der Waals surface area contributed by atoms with Gasteiger partial charge in [0.2, 0.25) is 0 Å². The van der Waals surface area contributed by atoms with Crippen molar-refractivity contribution in [2.24, 2.45) is 0 Å². The Labute approximate surface area is 175 Å². The molecule has 3 aromatic carbocycles. The van der Waals surface area contributed by atoms with Gasteiger partial charge in [0.05, 0.1) is 17.7 Å². The summed E-state index contributed by atoms with van der Waals surface area (Å²) in [5.74, 6) is -0.0126. The lowest BCUT2D eigenvalue weighted by Gasteiger charge is -2.20. The molecule has 2 N–H and O–H groups in total. The first-order valence-corrected chi connectivity index (χ1v) is 9.93. The lowest BCUT2D eigenvalue weighted by molar-refractivity contribution is 0.136. The molecule has 0 aromatic heterocycles. The standard InChI is InChI=1S/C25H22N2O3/c26-15-17-6-5-7-18(14-17)24(12-13-28)27-25(29)30-16-23-21-10-3-1-8-19(21)20-9-2-4-11-22(20)23/h1-11,14,23-24,28H,12-13,16H2,(H,27,29)/t24-/m1/s1. The van der Waals surface area contributed by atoms with Crippen molar-refractivity contribution in [3.05, 3.63) is 95.1 Å². The number of hydrogen-bond acceptors (Lipinski definition) is 4. The molecule has 0 aliphatic heterocycles. The Hall–Kier alpha value is -3.62. The number of aliphatic hydroxyl groups is 1. The molecule has 1 aliphatic rings. The van der Waals surface area contributed by atoms with E-state index in [9.17, 15) is 9.90 Å². The zero-order valence-electron chi connectivity index (χ0n) is 16.4. The van der Waals surface area contributed by atoms with Gasteiger partial charge in [-0.25, -0.2) is 4.79 Å². The quantitative estimate of drug-likeness (QED) is 0.640. The van der Waals surface area contributed by atoms with Crippen LogP contribution in [0.15, 0.2) is 72.8 Å². The molecular formula is C25H22N2O3. The molecule has 0 saturated heterocycles. The van der Waals surface area contributed by atoms with Gasteiger partial charge in [-0.3, -0.25) is 0 Å². The molecule has 0 spiro atoms. The van der Waals surface area contributed by atoms with E-state index in [-0.39, 0.29) is 19.1 Å². The first-order valence-electron chi connectivity index (χ1n) is 9.93. The minimum atomic E-state index is -0.544. The van der Waals surface area contributed by atoms with Gasteiger partial charge >= 0.3 is 6.09 Å². The van der Waals surface area contributed by atoms with Crippen LogP contribution in [-0.4, -0.2) is 24.4 Å². The fourth-order valence-corrected chi connectivity index (χ4v) is 4.06. The smallest absolute Gasteiger partial charge is 0.407 e. The van der Waals surface area contributed by atoms with E-state index >= 15 is 0 Å². The molecule has 3 aromatic rings. The van der Waals surface area contributed by atoms with Crippen LogP contribution in [0.25, 0.3) is 11.1 Å². The molecule has 5 heteroatoms. The number of aliphatic hydroxyl groups excluding tert-OH is 1. The lowest BCUT2D eigenvalue weighted by Crippen LogP contribution is -2.31. The molecule has 0 radical (unpaired) electrons. The molecule has 30 heavy (non-hydrogen) atoms. The molecule has 0 heterocycles. The van der Waals surface area contributed by atoms with Gasteiger partial charge < -0.3 is 15.2 Å². The molecule has 1 atom stereocenters. The van der Waals surface area contributed by atoms with E-state index in [4.69, 9.17) is 10.00 Å². The first-order chi connectivity index (χ1) is 14.7. The number of ether oxygens (including phenoxy) is 1. The predicted molar refractivity (Wildman–Crippen MR) is 114 cm³/mol. The number of carbonyl (C=O) groups is 1. The maximum absolute atomic E-state index is 12.6. The molecule has 0 bridgehead atoms. The van der Waals surface area contributed by atoms with Crippen LogP contribution in [0.2, 0.25) is 0 Å². The van der Waals surface area contributed by atoms with Gasteiger partial charge in [-0.05, 0) is 46.4 Å². The molecule has 1 amide bonds. The molecule has 0 saturated carbocycles. The van der Waals surface area contributed by atoms with Gasteiger partial charge in [0.1, 0.15) is 6.61 Å². The Morgan fingerprint density at radius 3 is 2.33 bits per heavy atom. The van der Waals surface area contributed by atoms with Crippen molar-refractivity contribution >= 4 is 6.09 Å². The maximum Gasteiger partial charge on any atom is 0.407 e. The van der Waals surface area contributed by atoms with Crippen molar-refractivity contribution in [3.8, 4) is 17.2 Å². The minimum absolute atomic E-state index is 0.0126. The number of alkyl carbamates (subject to hydrolysis) is 1. The molecule has 5 nitrogen and oxygen atoms in total. The Bertz CT molecular complexity index is 1060. The van der Waals surface area contributed by atoms with Crippen LogP contribution in [-0.2, 0) is 4.74 Å². The van der Waals surface area contributed by atoms with Gasteiger partial charge in [0.15, 0.2) is 0 Å². The summed E-state index contributed by atoms with van der Waals surface area (Å²) in [6.45, 7) is 0.134. The van der Waals surface area contributed by atoms with E-state index in [0.29, 0.717) is 12.0 Å². The van der Waals surface area contributed by atoms with Crippen molar-refractivity contribution in [2.45, 2.75) is 18.4 Å². The van der Waals surface area contributed by atoms with Gasteiger partial charge in [0.25, 0.3) is 0 Å². The number of nitrogens with one attached hydrogen (secondary N) is 1. The summed E-state index contributed by atoms with van der Waals surface area (Å²) in [5.41, 5.74) is 5.92. The van der Waals surface area contributed by atoms with Crippen LogP contribution < -0.4 is 5.32 Å². The number of rotatable bonds is 6. The fourth-order valence-electron chi connectivity index (χ4n) is 4.06. The fraction of sp³-hybridized carbons (Fsp3) is 0.200. The Kier molecular flexibility index (Phi) is 5.78. The van der Waals surface area contributed by atoms with Crippen LogP contribution in [0, 0.1) is 11.3 Å². The van der Waals surface area contributed by atoms with Gasteiger partial charge in [-0.15, -0.1) is 0 Å². The molecule has 4 rings (SSSR count). The van der Waals surface area contributed by atoms with Crippen LogP contribution in [0.5, 0.6) is 0 Å². The average molecular weight is 398 g/mol. The summed E-state index contributed by atoms with van der Waals surface area (Å²) in [4.78, 5) is 12.6. The van der Waals surface area contributed by atoms with Crippen molar-refractivity contribution in [1.29, 1.82) is 5.26 Å². The number of benzene rings is 3. The van der Waals surface area contributed by atoms with E-state index in [1.54, 1.807) is 18.2 Å². The minimum Gasteiger partial charge on any atom is -0.449 e. The average Bonchev–Trinajstić information content (AvgIpc) is 3.11. The number of carbonyl (C=O) groups excluding carboxylic acids is 1. The normalized spacial score (nSPS) is 13.1. The number of amides is 1. The Balaban J connectivity index is 1.47. The van der Waals surface area contributed by atoms with Crippen LogP contribution in [0.1, 0.15) is 40.6 Å². The van der Waals surface area contributed by atoms with E-state index in [1.165, 1.54) is 11.1 Å². The number of fused-ring (bicyclic) bond motifs is 3. The second kappa shape index (κ2) is 8.81. The van der Waals surface area contributed by atoms with E-state index < -0.39 is 12.1 Å². The summed E-state index contributed by atoms with van der Waals surface area (Å²) in [5, 5.41) is 21.3. The molecular weight excluding hydrogens is 376 g/mol. The van der Waals surface area contributed by atoms with E-state index in [1.807, 2.05) is 30.3 Å². The topological polar surface area (TPSA) is 82.4 Å². The Morgan fingerprint density at radius 1 is 1.03 bits per heavy atom. The summed E-state index contributed by atoms with van der Waals surface area (Å²) >= 11 is 0. The monoisotopic (exact) mass is 398 g/mol. The van der Waals surface area contributed by atoms with Gasteiger partial charge in [-0.2, -0.15) is 5.26 Å². The second-order valence-corrected chi connectivity index (χ2v) is 7.27. The van der Waals surface area contributed by atoms with Crippen LogP contribution in [0.4, 0.5) is 4.79 Å². The maximum atomic E-state index is 12.6. The van der Waals surface area contributed by atoms with Gasteiger partial charge in [-0.1, -0.05) is 60.7 Å². The summed E-state index contributed by atoms with van der Waals surface area (Å²) < 4.78 is 5.60. The molecule has 1 aliphatic carbocycles. The third-order valence-corrected chi connectivity index (χ3v) is 5.47. The lowest BCUT2D eigenvalue weighted by atomic mass is 9.98.